The molecule has 0 radical (unpaired) electrons. The van der Waals surface area contributed by atoms with Crippen LogP contribution in [0.5, 0.6) is 0 Å². The Balaban J connectivity index is 1.59. The monoisotopic (exact) mass is 326 g/mol. The zero-order chi connectivity index (χ0) is 16.8. The van der Waals surface area contributed by atoms with Crippen molar-refractivity contribution in [2.24, 2.45) is 5.92 Å². The van der Waals surface area contributed by atoms with E-state index in [2.05, 4.69) is 26.3 Å². The Morgan fingerprint density at radius 2 is 2.12 bits per heavy atom. The number of nitrogens with zero attached hydrogens (tertiary/aromatic N) is 3. The van der Waals surface area contributed by atoms with Crippen LogP contribution in [0.4, 0.5) is 5.69 Å². The van der Waals surface area contributed by atoms with Crippen molar-refractivity contribution in [1.29, 1.82) is 0 Å². The number of amides is 1. The Bertz CT molecular complexity index is 670. The van der Waals surface area contributed by atoms with Crippen LogP contribution in [-0.2, 0) is 6.54 Å². The van der Waals surface area contributed by atoms with Gasteiger partial charge in [0.1, 0.15) is 5.69 Å². The van der Waals surface area contributed by atoms with E-state index >= 15 is 0 Å². The van der Waals surface area contributed by atoms with Crippen molar-refractivity contribution in [3.8, 4) is 0 Å². The van der Waals surface area contributed by atoms with E-state index in [1.165, 1.54) is 18.6 Å². The van der Waals surface area contributed by atoms with Gasteiger partial charge in [-0.25, -0.2) is 4.98 Å². The SMILES string of the molecule is O=C(Nc1cccc(CN2CCC(CO)CC2)c1)c1cnccn1. The molecule has 1 aliphatic heterocycles. The number of hydrogen-bond donors (Lipinski definition) is 2. The maximum Gasteiger partial charge on any atom is 0.275 e. The number of hydrogen-bond acceptors (Lipinski definition) is 5. The summed E-state index contributed by atoms with van der Waals surface area (Å²) < 4.78 is 0. The van der Waals surface area contributed by atoms with Gasteiger partial charge >= 0.3 is 0 Å². The van der Waals surface area contributed by atoms with Crippen molar-refractivity contribution >= 4 is 11.6 Å². The van der Waals surface area contributed by atoms with Crippen LogP contribution in [0.15, 0.2) is 42.9 Å². The predicted octanol–water partition coefficient (Wildman–Crippen LogP) is 1.93. The summed E-state index contributed by atoms with van der Waals surface area (Å²) >= 11 is 0. The number of aliphatic hydroxyl groups is 1. The van der Waals surface area contributed by atoms with Crippen LogP contribution in [0.3, 0.4) is 0 Å². The second-order valence-corrected chi connectivity index (χ2v) is 6.15. The number of piperidine rings is 1. The first-order chi connectivity index (χ1) is 11.7. The Morgan fingerprint density at radius 1 is 1.29 bits per heavy atom. The molecule has 1 amide bonds. The molecule has 2 N–H and O–H groups in total. The molecule has 2 heterocycles. The Hall–Kier alpha value is -2.31. The first-order valence-electron chi connectivity index (χ1n) is 8.24. The fraction of sp³-hybridized carbons (Fsp3) is 0.389. The van der Waals surface area contributed by atoms with Gasteiger partial charge in [0.05, 0.1) is 6.20 Å². The van der Waals surface area contributed by atoms with Gasteiger partial charge in [-0.3, -0.25) is 14.7 Å². The highest BCUT2D eigenvalue weighted by Crippen LogP contribution is 2.20. The molecule has 6 heteroatoms. The standard InChI is InChI=1S/C18H22N4O2/c23-13-14-4-8-22(9-5-14)12-15-2-1-3-16(10-15)21-18(24)17-11-19-6-7-20-17/h1-3,6-7,10-11,14,23H,4-5,8-9,12-13H2,(H,21,24). The van der Waals surface area contributed by atoms with Crippen LogP contribution in [-0.4, -0.2) is 45.6 Å². The van der Waals surface area contributed by atoms with Gasteiger partial charge in [-0.15, -0.1) is 0 Å². The Kier molecular flexibility index (Phi) is 5.51. The molecule has 0 atom stereocenters. The topological polar surface area (TPSA) is 78.4 Å². The summed E-state index contributed by atoms with van der Waals surface area (Å²) in [6.07, 6.45) is 6.57. The predicted molar refractivity (Wildman–Crippen MR) is 91.5 cm³/mol. The number of rotatable bonds is 5. The van der Waals surface area contributed by atoms with Gasteiger partial charge in [0.15, 0.2) is 0 Å². The van der Waals surface area contributed by atoms with Crippen molar-refractivity contribution in [2.75, 3.05) is 25.0 Å². The number of anilines is 1. The summed E-state index contributed by atoms with van der Waals surface area (Å²) in [7, 11) is 0. The van der Waals surface area contributed by atoms with Gasteiger partial charge < -0.3 is 10.4 Å². The van der Waals surface area contributed by atoms with E-state index in [0.717, 1.165) is 43.7 Å². The molecule has 24 heavy (non-hydrogen) atoms. The average Bonchev–Trinajstić information content (AvgIpc) is 2.63. The van der Waals surface area contributed by atoms with E-state index in [1.807, 2.05) is 18.2 Å². The third-order valence-corrected chi connectivity index (χ3v) is 4.35. The van der Waals surface area contributed by atoms with Gasteiger partial charge in [-0.2, -0.15) is 0 Å². The molecule has 1 aliphatic rings. The number of carbonyl (C=O) groups excluding carboxylic acids is 1. The zero-order valence-electron chi connectivity index (χ0n) is 13.6. The number of likely N-dealkylation sites (tertiary alicyclic amines) is 1. The van der Waals surface area contributed by atoms with Crippen molar-refractivity contribution in [3.63, 3.8) is 0 Å². The van der Waals surface area contributed by atoms with Crippen molar-refractivity contribution in [1.82, 2.24) is 14.9 Å². The third-order valence-electron chi connectivity index (χ3n) is 4.35. The lowest BCUT2D eigenvalue weighted by molar-refractivity contribution is 0.102. The highest BCUT2D eigenvalue weighted by atomic mass is 16.3. The van der Waals surface area contributed by atoms with Crippen LogP contribution in [0, 0.1) is 5.92 Å². The first kappa shape index (κ1) is 16.5. The van der Waals surface area contributed by atoms with E-state index < -0.39 is 0 Å². The molecule has 0 saturated carbocycles. The highest BCUT2D eigenvalue weighted by Gasteiger charge is 2.18. The fourth-order valence-corrected chi connectivity index (χ4v) is 2.94. The minimum atomic E-state index is -0.260. The van der Waals surface area contributed by atoms with Crippen molar-refractivity contribution in [2.45, 2.75) is 19.4 Å². The van der Waals surface area contributed by atoms with Gasteiger partial charge in [0, 0.05) is 31.2 Å². The fourth-order valence-electron chi connectivity index (χ4n) is 2.94. The Morgan fingerprint density at radius 3 is 2.83 bits per heavy atom. The number of aliphatic hydroxyl groups excluding tert-OH is 1. The molecule has 3 rings (SSSR count). The molecule has 2 aromatic rings. The van der Waals surface area contributed by atoms with Crippen LogP contribution < -0.4 is 5.32 Å². The number of benzene rings is 1. The number of aromatic nitrogens is 2. The van der Waals surface area contributed by atoms with Crippen molar-refractivity contribution in [3.05, 3.63) is 54.1 Å². The van der Waals surface area contributed by atoms with E-state index in [0.29, 0.717) is 11.6 Å². The lowest BCUT2D eigenvalue weighted by Gasteiger charge is -2.31. The lowest BCUT2D eigenvalue weighted by Crippen LogP contribution is -2.34. The molecule has 1 saturated heterocycles. The minimum absolute atomic E-state index is 0.260. The van der Waals surface area contributed by atoms with E-state index in [9.17, 15) is 9.90 Å². The quantitative estimate of drug-likeness (QED) is 0.878. The molecule has 126 valence electrons. The van der Waals surface area contributed by atoms with Crippen LogP contribution in [0.2, 0.25) is 0 Å². The van der Waals surface area contributed by atoms with Crippen LogP contribution in [0.25, 0.3) is 0 Å². The molecule has 0 unspecified atom stereocenters. The van der Waals surface area contributed by atoms with E-state index in [4.69, 9.17) is 0 Å². The normalized spacial score (nSPS) is 16.0. The summed E-state index contributed by atoms with van der Waals surface area (Å²) in [5.41, 5.74) is 2.22. The molecule has 1 fully saturated rings. The lowest BCUT2D eigenvalue weighted by atomic mass is 9.97. The smallest absolute Gasteiger partial charge is 0.275 e. The van der Waals surface area contributed by atoms with E-state index in [-0.39, 0.29) is 12.5 Å². The summed E-state index contributed by atoms with van der Waals surface area (Å²) in [6.45, 7) is 3.15. The largest absolute Gasteiger partial charge is 0.396 e. The second kappa shape index (κ2) is 7.99. The highest BCUT2D eigenvalue weighted by molar-refractivity contribution is 6.02. The van der Waals surface area contributed by atoms with Gasteiger partial charge in [0.2, 0.25) is 0 Å². The summed E-state index contributed by atoms with van der Waals surface area (Å²) in [6, 6.07) is 7.88. The van der Waals surface area contributed by atoms with Gasteiger partial charge in [-0.1, -0.05) is 12.1 Å². The first-order valence-corrected chi connectivity index (χ1v) is 8.24. The molecular formula is C18H22N4O2. The summed E-state index contributed by atoms with van der Waals surface area (Å²) in [5.74, 6) is 0.183. The molecule has 6 nitrogen and oxygen atoms in total. The number of carbonyl (C=O) groups is 1. The molecule has 1 aromatic carbocycles. The van der Waals surface area contributed by atoms with Crippen molar-refractivity contribution < 1.29 is 9.90 Å². The summed E-state index contributed by atoms with van der Waals surface area (Å²) in [4.78, 5) is 22.4. The molecular weight excluding hydrogens is 304 g/mol. The second-order valence-electron chi connectivity index (χ2n) is 6.15. The number of nitrogens with one attached hydrogen (secondary N) is 1. The minimum Gasteiger partial charge on any atom is -0.396 e. The average molecular weight is 326 g/mol. The molecule has 0 spiro atoms. The molecule has 0 aliphatic carbocycles. The Labute approximate surface area is 141 Å². The zero-order valence-corrected chi connectivity index (χ0v) is 13.6. The van der Waals surface area contributed by atoms with E-state index in [1.54, 1.807) is 0 Å². The van der Waals surface area contributed by atoms with Crippen LogP contribution >= 0.6 is 0 Å². The van der Waals surface area contributed by atoms with Gasteiger partial charge in [0.25, 0.3) is 5.91 Å². The maximum atomic E-state index is 12.1. The molecule has 1 aromatic heterocycles. The van der Waals surface area contributed by atoms with Gasteiger partial charge in [-0.05, 0) is 49.5 Å². The summed E-state index contributed by atoms with van der Waals surface area (Å²) in [5, 5.41) is 12.1. The molecule has 0 bridgehead atoms. The third kappa shape index (κ3) is 4.37. The van der Waals surface area contributed by atoms with Crippen LogP contribution in [0.1, 0.15) is 28.9 Å². The maximum absolute atomic E-state index is 12.1.